The Morgan fingerprint density at radius 3 is 2.65 bits per heavy atom. The molecule has 9 heteroatoms. The van der Waals surface area contributed by atoms with E-state index in [0.717, 1.165) is 67.1 Å². The third-order valence-corrected chi connectivity index (χ3v) is 8.65. The molecule has 3 aromatic rings. The van der Waals surface area contributed by atoms with Crippen molar-refractivity contribution in [3.05, 3.63) is 41.6 Å². The van der Waals surface area contributed by atoms with Crippen LogP contribution >= 0.6 is 0 Å². The first kappa shape index (κ1) is 23.0. The van der Waals surface area contributed by atoms with E-state index in [9.17, 15) is 0 Å². The minimum atomic E-state index is 0.428. The highest BCUT2D eigenvalue weighted by Crippen LogP contribution is 2.35. The standard InChI is InChI=1S/C28H36N8O/c1-34-11-4-6-21(34)17-37-28-31-24-16-35(26-22-7-3-2-5-18(22)13-25(29)32-26)12-10-23(24)27(33-28)36-14-19-8-9-20(15-36)30-19/h2-3,5,7,13,19-21,30H,4,6,8-12,14-17H2,1H3,(H2,29,32)/t19-,20+,21?. The van der Waals surface area contributed by atoms with Gasteiger partial charge < -0.3 is 30.5 Å². The van der Waals surface area contributed by atoms with E-state index >= 15 is 0 Å². The topological polar surface area (TPSA) is 95.7 Å². The molecule has 0 aliphatic carbocycles. The number of nitrogens with one attached hydrogen (secondary N) is 1. The molecule has 37 heavy (non-hydrogen) atoms. The summed E-state index contributed by atoms with van der Waals surface area (Å²) >= 11 is 0. The lowest BCUT2D eigenvalue weighted by Gasteiger charge is -2.37. The van der Waals surface area contributed by atoms with E-state index in [0.29, 0.717) is 43.1 Å². The number of likely N-dealkylation sites (N-methyl/N-ethyl adjacent to an activating group) is 1. The van der Waals surface area contributed by atoms with Crippen molar-refractivity contribution >= 4 is 28.2 Å². The number of benzene rings is 1. The van der Waals surface area contributed by atoms with Gasteiger partial charge in [0.25, 0.3) is 0 Å². The van der Waals surface area contributed by atoms with Crippen molar-refractivity contribution in [2.75, 3.05) is 55.4 Å². The second-order valence-electron chi connectivity index (χ2n) is 11.1. The first-order chi connectivity index (χ1) is 18.1. The lowest BCUT2D eigenvalue weighted by molar-refractivity contribution is 0.187. The number of piperazine rings is 1. The van der Waals surface area contributed by atoms with Crippen LogP contribution in [-0.2, 0) is 13.0 Å². The van der Waals surface area contributed by atoms with E-state index in [1.165, 1.54) is 24.8 Å². The Morgan fingerprint density at radius 2 is 1.84 bits per heavy atom. The third kappa shape index (κ3) is 4.34. The molecule has 0 amide bonds. The molecule has 3 atom stereocenters. The molecule has 1 aromatic carbocycles. The molecule has 1 unspecified atom stereocenters. The minimum Gasteiger partial charge on any atom is -0.462 e. The van der Waals surface area contributed by atoms with Gasteiger partial charge in [0, 0.05) is 48.7 Å². The zero-order valence-electron chi connectivity index (χ0n) is 21.6. The van der Waals surface area contributed by atoms with Gasteiger partial charge in [-0.25, -0.2) is 4.98 Å². The summed E-state index contributed by atoms with van der Waals surface area (Å²) in [4.78, 5) is 22.0. The number of pyridine rings is 1. The number of nitrogens with zero attached hydrogens (tertiary/aromatic N) is 6. The van der Waals surface area contributed by atoms with Crippen LogP contribution in [-0.4, -0.2) is 77.8 Å². The number of nitrogen functional groups attached to an aromatic ring is 1. The molecule has 4 aliphatic heterocycles. The number of hydrogen-bond acceptors (Lipinski definition) is 9. The number of fused-ring (bicyclic) bond motifs is 4. The quantitative estimate of drug-likeness (QED) is 0.548. The number of hydrogen-bond donors (Lipinski definition) is 2. The number of aromatic nitrogens is 3. The molecule has 2 aromatic heterocycles. The number of nitrogens with two attached hydrogens (primary N) is 1. The monoisotopic (exact) mass is 500 g/mol. The maximum atomic E-state index is 6.30. The maximum Gasteiger partial charge on any atom is 0.318 e. The summed E-state index contributed by atoms with van der Waals surface area (Å²) < 4.78 is 6.30. The van der Waals surface area contributed by atoms with Gasteiger partial charge in [-0.05, 0) is 57.1 Å². The van der Waals surface area contributed by atoms with Gasteiger partial charge in [-0.3, -0.25) is 0 Å². The van der Waals surface area contributed by atoms with E-state index in [1.54, 1.807) is 0 Å². The molecule has 4 aliphatic rings. The van der Waals surface area contributed by atoms with Crippen LogP contribution in [0.2, 0.25) is 0 Å². The van der Waals surface area contributed by atoms with Crippen LogP contribution in [0.15, 0.2) is 30.3 Å². The van der Waals surface area contributed by atoms with Crippen LogP contribution in [0, 0.1) is 0 Å². The molecule has 0 spiro atoms. The lowest BCUT2D eigenvalue weighted by Crippen LogP contribution is -2.52. The molecule has 3 saturated heterocycles. The summed E-state index contributed by atoms with van der Waals surface area (Å²) in [5.41, 5.74) is 8.52. The fourth-order valence-corrected chi connectivity index (χ4v) is 6.67. The zero-order chi connectivity index (χ0) is 24.9. The van der Waals surface area contributed by atoms with E-state index < -0.39 is 0 Å². The van der Waals surface area contributed by atoms with E-state index in [2.05, 4.69) is 45.3 Å². The molecule has 9 nitrogen and oxygen atoms in total. The summed E-state index contributed by atoms with van der Waals surface area (Å²) in [6.07, 6.45) is 5.75. The summed E-state index contributed by atoms with van der Waals surface area (Å²) in [6, 6.07) is 12.3. The molecule has 2 bridgehead atoms. The lowest BCUT2D eigenvalue weighted by atomic mass is 10.0. The Morgan fingerprint density at radius 1 is 1.00 bits per heavy atom. The first-order valence-electron chi connectivity index (χ1n) is 13.7. The molecule has 6 heterocycles. The summed E-state index contributed by atoms with van der Waals surface area (Å²) in [5, 5.41) is 5.98. The van der Waals surface area contributed by atoms with Gasteiger partial charge >= 0.3 is 6.01 Å². The van der Waals surface area contributed by atoms with Crippen molar-refractivity contribution in [1.82, 2.24) is 25.2 Å². The van der Waals surface area contributed by atoms with E-state index in [4.69, 9.17) is 25.4 Å². The second kappa shape index (κ2) is 9.29. The Labute approximate surface area is 218 Å². The van der Waals surface area contributed by atoms with E-state index in [1.807, 2.05) is 12.1 Å². The SMILES string of the molecule is CN1CCCC1COc1nc2c(c(N3C[C@H]4CC[C@@H](C3)N4)n1)CCN(c1nc(N)cc3ccccc13)C2. The average molecular weight is 501 g/mol. The first-order valence-corrected chi connectivity index (χ1v) is 13.7. The van der Waals surface area contributed by atoms with Crippen molar-refractivity contribution in [1.29, 1.82) is 0 Å². The highest BCUT2D eigenvalue weighted by molar-refractivity contribution is 5.94. The molecule has 194 valence electrons. The molecular formula is C28H36N8O. The molecule has 0 radical (unpaired) electrons. The van der Waals surface area contributed by atoms with Crippen LogP contribution in [0.1, 0.15) is 36.9 Å². The van der Waals surface area contributed by atoms with Crippen LogP contribution in [0.3, 0.4) is 0 Å². The number of likely N-dealkylation sites (tertiary alicyclic amines) is 1. The van der Waals surface area contributed by atoms with Crippen molar-refractivity contribution in [2.45, 2.75) is 56.8 Å². The summed E-state index contributed by atoms with van der Waals surface area (Å²) in [5.74, 6) is 2.55. The molecular weight excluding hydrogens is 464 g/mol. The fourth-order valence-electron chi connectivity index (χ4n) is 6.67. The van der Waals surface area contributed by atoms with Crippen LogP contribution in [0.5, 0.6) is 6.01 Å². The van der Waals surface area contributed by atoms with Gasteiger partial charge in [-0.1, -0.05) is 24.3 Å². The Bertz CT molecular complexity index is 1300. The van der Waals surface area contributed by atoms with Crippen LogP contribution < -0.4 is 25.6 Å². The molecule has 7 rings (SSSR count). The highest BCUT2D eigenvalue weighted by atomic mass is 16.5. The third-order valence-electron chi connectivity index (χ3n) is 8.65. The smallest absolute Gasteiger partial charge is 0.318 e. The van der Waals surface area contributed by atoms with Crippen molar-refractivity contribution in [3.8, 4) is 6.01 Å². The second-order valence-corrected chi connectivity index (χ2v) is 11.1. The van der Waals surface area contributed by atoms with Gasteiger partial charge in [-0.2, -0.15) is 9.97 Å². The normalized spacial score (nSPS) is 25.6. The maximum absolute atomic E-state index is 6.30. The minimum absolute atomic E-state index is 0.428. The fraction of sp³-hybridized carbons (Fsp3) is 0.536. The van der Waals surface area contributed by atoms with Gasteiger partial charge in [0.1, 0.15) is 24.1 Å². The Balaban J connectivity index is 1.23. The molecule has 0 saturated carbocycles. The average Bonchev–Trinajstić information content (AvgIpc) is 3.49. The molecule has 3 N–H and O–H groups in total. The summed E-state index contributed by atoms with van der Waals surface area (Å²) in [7, 11) is 2.18. The summed E-state index contributed by atoms with van der Waals surface area (Å²) in [6.45, 7) is 5.28. The molecule has 3 fully saturated rings. The zero-order valence-corrected chi connectivity index (χ0v) is 21.6. The van der Waals surface area contributed by atoms with Crippen molar-refractivity contribution < 1.29 is 4.74 Å². The van der Waals surface area contributed by atoms with Gasteiger partial charge in [0.05, 0.1) is 12.2 Å². The van der Waals surface area contributed by atoms with Crippen molar-refractivity contribution in [3.63, 3.8) is 0 Å². The predicted molar refractivity (Wildman–Crippen MR) is 146 cm³/mol. The number of rotatable bonds is 5. The highest BCUT2D eigenvalue weighted by Gasteiger charge is 2.35. The van der Waals surface area contributed by atoms with E-state index in [-0.39, 0.29) is 0 Å². The Kier molecular flexibility index (Phi) is 5.77. The number of ether oxygens (including phenoxy) is 1. The van der Waals surface area contributed by atoms with Gasteiger partial charge in [0.2, 0.25) is 0 Å². The Hall–Kier alpha value is -3.17. The number of anilines is 3. The van der Waals surface area contributed by atoms with Crippen molar-refractivity contribution in [2.24, 2.45) is 0 Å². The van der Waals surface area contributed by atoms with Crippen LogP contribution in [0.25, 0.3) is 10.8 Å². The van der Waals surface area contributed by atoms with Gasteiger partial charge in [0.15, 0.2) is 0 Å². The largest absolute Gasteiger partial charge is 0.462 e. The predicted octanol–water partition coefficient (Wildman–Crippen LogP) is 2.58. The van der Waals surface area contributed by atoms with Gasteiger partial charge in [-0.15, -0.1) is 0 Å². The van der Waals surface area contributed by atoms with Crippen LogP contribution in [0.4, 0.5) is 17.5 Å².